The number of aromatic nitrogens is 1. The molecule has 9 heteroatoms. The molecule has 0 saturated carbocycles. The van der Waals surface area contributed by atoms with Gasteiger partial charge in [-0.3, -0.25) is 4.79 Å². The number of nitrogens with zero attached hydrogens (tertiary/aromatic N) is 3. The molecular formula is C26H26F2N4O3. The molecule has 35 heavy (non-hydrogen) atoms. The average Bonchev–Trinajstić information content (AvgIpc) is 2.88. The van der Waals surface area contributed by atoms with Crippen molar-refractivity contribution >= 4 is 17.6 Å². The van der Waals surface area contributed by atoms with Crippen molar-refractivity contribution < 1.29 is 23.1 Å². The summed E-state index contributed by atoms with van der Waals surface area (Å²) in [6.07, 6.45) is 1.51. The fourth-order valence-electron chi connectivity index (χ4n) is 3.81. The summed E-state index contributed by atoms with van der Waals surface area (Å²) >= 11 is 0. The zero-order chi connectivity index (χ0) is 24.8. The highest BCUT2D eigenvalue weighted by Crippen LogP contribution is 2.30. The number of amides is 3. The molecule has 0 aliphatic carbocycles. The van der Waals surface area contributed by atoms with Gasteiger partial charge in [-0.15, -0.1) is 0 Å². The minimum atomic E-state index is -3.12. The van der Waals surface area contributed by atoms with Gasteiger partial charge in [0.05, 0.1) is 11.9 Å². The molecule has 1 N–H and O–H groups in total. The molecule has 1 aliphatic heterocycles. The Kier molecular flexibility index (Phi) is 7.24. The second-order valence-electron chi connectivity index (χ2n) is 8.30. The number of halogens is 2. The van der Waals surface area contributed by atoms with Gasteiger partial charge in [-0.25, -0.2) is 18.6 Å². The lowest BCUT2D eigenvalue weighted by Gasteiger charge is -2.35. The Balaban J connectivity index is 1.28. The van der Waals surface area contributed by atoms with Crippen LogP contribution >= 0.6 is 0 Å². The van der Waals surface area contributed by atoms with Gasteiger partial charge in [-0.05, 0) is 17.7 Å². The smallest absolute Gasteiger partial charge is 0.322 e. The molecule has 3 aromatic rings. The van der Waals surface area contributed by atoms with E-state index in [2.05, 4.69) is 10.3 Å². The van der Waals surface area contributed by atoms with E-state index in [0.29, 0.717) is 18.2 Å². The van der Waals surface area contributed by atoms with E-state index in [0.717, 1.165) is 12.5 Å². The normalized spacial score (nSPS) is 13.9. The number of hydrogen-bond acceptors (Lipinski definition) is 4. The van der Waals surface area contributed by atoms with Gasteiger partial charge >= 0.3 is 6.03 Å². The van der Waals surface area contributed by atoms with Gasteiger partial charge in [0.15, 0.2) is 0 Å². The summed E-state index contributed by atoms with van der Waals surface area (Å²) in [5.41, 5.74) is 1.23. The van der Waals surface area contributed by atoms with E-state index in [1.807, 2.05) is 30.3 Å². The first kappa shape index (κ1) is 24.1. The summed E-state index contributed by atoms with van der Waals surface area (Å²) < 4.78 is 33.5. The lowest BCUT2D eigenvalue weighted by atomic mass is 10.0. The second-order valence-corrected chi connectivity index (χ2v) is 8.30. The molecule has 2 aromatic carbocycles. The van der Waals surface area contributed by atoms with Crippen molar-refractivity contribution in [1.82, 2.24) is 14.8 Å². The first-order chi connectivity index (χ1) is 16.8. The molecule has 2 heterocycles. The fraction of sp³-hybridized carbons (Fsp3) is 0.269. The highest BCUT2D eigenvalue weighted by atomic mass is 19.3. The number of rotatable bonds is 6. The number of hydrogen-bond donors (Lipinski definition) is 1. The van der Waals surface area contributed by atoms with E-state index in [-0.39, 0.29) is 43.3 Å². The van der Waals surface area contributed by atoms with Gasteiger partial charge in [-0.2, -0.15) is 0 Å². The molecule has 3 amide bonds. The van der Waals surface area contributed by atoms with Crippen molar-refractivity contribution in [1.29, 1.82) is 0 Å². The predicted molar refractivity (Wildman–Crippen MR) is 128 cm³/mol. The van der Waals surface area contributed by atoms with Crippen molar-refractivity contribution in [3.8, 4) is 5.88 Å². The largest absolute Gasteiger partial charge is 0.473 e. The van der Waals surface area contributed by atoms with Crippen LogP contribution in [0, 0.1) is 0 Å². The SMILES string of the molecule is CC(F)(F)c1ccccc1C(=O)N1CCN(C(=O)Nc2ccc(OCc3ccccc3)nc2)CC1. The topological polar surface area (TPSA) is 74.8 Å². The molecule has 7 nitrogen and oxygen atoms in total. The molecule has 1 fully saturated rings. The molecule has 1 aromatic heterocycles. The van der Waals surface area contributed by atoms with Gasteiger partial charge in [0.25, 0.3) is 11.8 Å². The van der Waals surface area contributed by atoms with Crippen molar-refractivity contribution in [2.75, 3.05) is 31.5 Å². The first-order valence-electron chi connectivity index (χ1n) is 11.3. The van der Waals surface area contributed by atoms with Crippen molar-refractivity contribution in [2.24, 2.45) is 0 Å². The zero-order valence-corrected chi connectivity index (χ0v) is 19.3. The number of carbonyl (C=O) groups is 2. The second kappa shape index (κ2) is 10.5. The Morgan fingerprint density at radius 1 is 0.943 bits per heavy atom. The van der Waals surface area contributed by atoms with Crippen LogP contribution in [-0.4, -0.2) is 52.9 Å². The monoisotopic (exact) mass is 480 g/mol. The summed E-state index contributed by atoms with van der Waals surface area (Å²) in [7, 11) is 0. The number of pyridine rings is 1. The molecule has 0 bridgehead atoms. The maximum Gasteiger partial charge on any atom is 0.322 e. The lowest BCUT2D eigenvalue weighted by molar-refractivity contribution is 0.0155. The number of anilines is 1. The summed E-state index contributed by atoms with van der Waals surface area (Å²) in [4.78, 5) is 32.8. The molecule has 182 valence electrons. The Labute approximate surface area is 202 Å². The van der Waals surface area contributed by atoms with Crippen LogP contribution in [0.1, 0.15) is 28.4 Å². The maximum atomic E-state index is 13.9. The van der Waals surface area contributed by atoms with Gasteiger partial charge in [0.2, 0.25) is 5.88 Å². The number of ether oxygens (including phenoxy) is 1. The standard InChI is InChI=1S/C26H26F2N4O3/c1-26(27,28)22-10-6-5-9-21(22)24(33)31-13-15-32(16-14-31)25(34)30-20-11-12-23(29-17-20)35-18-19-7-3-2-4-8-19/h2-12,17H,13-16,18H2,1H3,(H,30,34). The number of benzene rings is 2. The summed E-state index contributed by atoms with van der Waals surface area (Å²) in [5, 5.41) is 2.78. The Hall–Kier alpha value is -4.01. The number of carbonyl (C=O) groups excluding carboxylic acids is 2. The van der Waals surface area contributed by atoms with E-state index in [4.69, 9.17) is 4.74 Å². The molecule has 0 atom stereocenters. The number of nitrogens with one attached hydrogen (secondary N) is 1. The summed E-state index contributed by atoms with van der Waals surface area (Å²) in [5.74, 6) is -3.14. The zero-order valence-electron chi connectivity index (χ0n) is 19.3. The van der Waals surface area contributed by atoms with E-state index in [1.165, 1.54) is 29.3 Å². The van der Waals surface area contributed by atoms with E-state index in [1.54, 1.807) is 23.1 Å². The third-order valence-electron chi connectivity index (χ3n) is 5.70. The van der Waals surface area contributed by atoms with Crippen molar-refractivity contribution in [2.45, 2.75) is 19.5 Å². The molecule has 1 saturated heterocycles. The van der Waals surface area contributed by atoms with Crippen LogP contribution in [0.4, 0.5) is 19.3 Å². The highest BCUT2D eigenvalue weighted by Gasteiger charge is 2.32. The minimum absolute atomic E-state index is 0.0152. The molecule has 4 rings (SSSR count). The van der Waals surface area contributed by atoms with Gasteiger partial charge in [0, 0.05) is 50.3 Å². The molecule has 1 aliphatic rings. The molecule has 0 spiro atoms. The van der Waals surface area contributed by atoms with Crippen LogP contribution in [-0.2, 0) is 12.5 Å². The first-order valence-corrected chi connectivity index (χ1v) is 11.3. The molecular weight excluding hydrogens is 454 g/mol. The maximum absolute atomic E-state index is 13.9. The third-order valence-corrected chi connectivity index (χ3v) is 5.70. The van der Waals surface area contributed by atoms with E-state index >= 15 is 0 Å². The van der Waals surface area contributed by atoms with Gasteiger partial charge in [0.1, 0.15) is 6.61 Å². The van der Waals surface area contributed by atoms with Crippen LogP contribution < -0.4 is 10.1 Å². The Bertz CT molecular complexity index is 1160. The van der Waals surface area contributed by atoms with Crippen LogP contribution in [0.15, 0.2) is 72.9 Å². The highest BCUT2D eigenvalue weighted by molar-refractivity contribution is 5.96. The number of urea groups is 1. The number of alkyl halides is 2. The van der Waals surface area contributed by atoms with E-state index in [9.17, 15) is 18.4 Å². The summed E-state index contributed by atoms with van der Waals surface area (Å²) in [6, 6.07) is 18.5. The fourth-order valence-corrected chi connectivity index (χ4v) is 3.81. The molecule has 0 radical (unpaired) electrons. The summed E-state index contributed by atoms with van der Waals surface area (Å²) in [6.45, 7) is 2.24. The predicted octanol–water partition coefficient (Wildman–Crippen LogP) is 4.76. The van der Waals surface area contributed by atoms with Crippen LogP contribution in [0.5, 0.6) is 5.88 Å². The molecule has 0 unspecified atom stereocenters. The van der Waals surface area contributed by atoms with Crippen molar-refractivity contribution in [3.05, 3.63) is 89.6 Å². The third kappa shape index (κ3) is 6.11. The minimum Gasteiger partial charge on any atom is -0.473 e. The van der Waals surface area contributed by atoms with Crippen LogP contribution in [0.2, 0.25) is 0 Å². The lowest BCUT2D eigenvalue weighted by Crippen LogP contribution is -2.51. The average molecular weight is 481 g/mol. The Morgan fingerprint density at radius 3 is 2.26 bits per heavy atom. The van der Waals surface area contributed by atoms with E-state index < -0.39 is 11.8 Å². The van der Waals surface area contributed by atoms with Crippen LogP contribution in [0.3, 0.4) is 0 Å². The van der Waals surface area contributed by atoms with Crippen LogP contribution in [0.25, 0.3) is 0 Å². The van der Waals surface area contributed by atoms with Crippen molar-refractivity contribution in [3.63, 3.8) is 0 Å². The van der Waals surface area contributed by atoms with Gasteiger partial charge < -0.3 is 19.9 Å². The Morgan fingerprint density at radius 2 is 1.60 bits per heavy atom. The quantitative estimate of drug-likeness (QED) is 0.552. The number of piperazine rings is 1. The van der Waals surface area contributed by atoms with Gasteiger partial charge in [-0.1, -0.05) is 48.5 Å².